The van der Waals surface area contributed by atoms with Crippen LogP contribution in [0.1, 0.15) is 49.5 Å². The van der Waals surface area contributed by atoms with Crippen LogP contribution in [0.15, 0.2) is 48.7 Å². The summed E-state index contributed by atoms with van der Waals surface area (Å²) in [5.41, 5.74) is 1.92. The zero-order valence-electron chi connectivity index (χ0n) is 15.6. The van der Waals surface area contributed by atoms with E-state index < -0.39 is 0 Å². The molecule has 4 heteroatoms. The summed E-state index contributed by atoms with van der Waals surface area (Å²) in [7, 11) is 0. The SMILES string of the molecule is CCCN(CCC)C(=O)c1ccc(N(CC)Cc2ccccc2)nc1. The average molecular weight is 339 g/mol. The van der Waals surface area contributed by atoms with Crippen LogP contribution in [-0.2, 0) is 6.54 Å². The van der Waals surface area contributed by atoms with Gasteiger partial charge in [0, 0.05) is 32.4 Å². The zero-order valence-corrected chi connectivity index (χ0v) is 15.6. The van der Waals surface area contributed by atoms with Gasteiger partial charge in [-0.3, -0.25) is 4.79 Å². The molecule has 0 N–H and O–H groups in total. The quantitative estimate of drug-likeness (QED) is 0.680. The van der Waals surface area contributed by atoms with Crippen LogP contribution < -0.4 is 4.90 Å². The van der Waals surface area contributed by atoms with Crippen molar-refractivity contribution in [2.24, 2.45) is 0 Å². The molecule has 2 aromatic rings. The summed E-state index contributed by atoms with van der Waals surface area (Å²) in [6, 6.07) is 14.2. The molecule has 0 radical (unpaired) electrons. The van der Waals surface area contributed by atoms with Crippen molar-refractivity contribution < 1.29 is 4.79 Å². The number of amides is 1. The van der Waals surface area contributed by atoms with Gasteiger partial charge in [-0.1, -0.05) is 44.2 Å². The van der Waals surface area contributed by atoms with Crippen molar-refractivity contribution in [1.82, 2.24) is 9.88 Å². The van der Waals surface area contributed by atoms with Gasteiger partial charge < -0.3 is 9.80 Å². The molecule has 134 valence electrons. The second-order valence-electron chi connectivity index (χ2n) is 6.20. The van der Waals surface area contributed by atoms with Crippen molar-refractivity contribution >= 4 is 11.7 Å². The second-order valence-corrected chi connectivity index (χ2v) is 6.20. The van der Waals surface area contributed by atoms with E-state index in [0.717, 1.165) is 44.8 Å². The number of hydrogen-bond acceptors (Lipinski definition) is 3. The van der Waals surface area contributed by atoms with Gasteiger partial charge in [0.25, 0.3) is 5.91 Å². The van der Waals surface area contributed by atoms with Gasteiger partial charge in [-0.15, -0.1) is 0 Å². The normalized spacial score (nSPS) is 10.5. The van der Waals surface area contributed by atoms with Crippen LogP contribution in [0.2, 0.25) is 0 Å². The summed E-state index contributed by atoms with van der Waals surface area (Å²) in [5.74, 6) is 0.981. The van der Waals surface area contributed by atoms with Gasteiger partial charge in [0.15, 0.2) is 0 Å². The Morgan fingerprint density at radius 3 is 2.16 bits per heavy atom. The van der Waals surface area contributed by atoms with E-state index in [2.05, 4.69) is 54.9 Å². The summed E-state index contributed by atoms with van der Waals surface area (Å²) in [5, 5.41) is 0. The van der Waals surface area contributed by atoms with Gasteiger partial charge in [0.05, 0.1) is 5.56 Å². The molecular formula is C21H29N3O. The number of benzene rings is 1. The minimum Gasteiger partial charge on any atom is -0.353 e. The van der Waals surface area contributed by atoms with E-state index in [4.69, 9.17) is 0 Å². The minimum atomic E-state index is 0.0776. The maximum absolute atomic E-state index is 12.6. The molecule has 0 fully saturated rings. The van der Waals surface area contributed by atoms with Crippen molar-refractivity contribution in [3.05, 3.63) is 59.8 Å². The molecule has 0 aliphatic rings. The lowest BCUT2D eigenvalue weighted by atomic mass is 10.2. The third kappa shape index (κ3) is 5.31. The van der Waals surface area contributed by atoms with E-state index in [1.165, 1.54) is 5.56 Å². The van der Waals surface area contributed by atoms with E-state index >= 15 is 0 Å². The minimum absolute atomic E-state index is 0.0776. The first-order valence-corrected chi connectivity index (χ1v) is 9.23. The van der Waals surface area contributed by atoms with E-state index in [1.807, 2.05) is 23.1 Å². The Balaban J connectivity index is 2.10. The largest absolute Gasteiger partial charge is 0.353 e. The van der Waals surface area contributed by atoms with Crippen LogP contribution >= 0.6 is 0 Å². The summed E-state index contributed by atoms with van der Waals surface area (Å²) in [6.45, 7) is 9.59. The lowest BCUT2D eigenvalue weighted by molar-refractivity contribution is 0.0755. The number of aromatic nitrogens is 1. The van der Waals surface area contributed by atoms with Gasteiger partial charge >= 0.3 is 0 Å². The van der Waals surface area contributed by atoms with Gasteiger partial charge in [-0.25, -0.2) is 4.98 Å². The van der Waals surface area contributed by atoms with Gasteiger partial charge in [-0.2, -0.15) is 0 Å². The molecule has 0 spiro atoms. The van der Waals surface area contributed by atoms with E-state index in [0.29, 0.717) is 5.56 Å². The highest BCUT2D eigenvalue weighted by molar-refractivity contribution is 5.94. The Hall–Kier alpha value is -2.36. The number of carbonyl (C=O) groups excluding carboxylic acids is 1. The number of nitrogens with zero attached hydrogens (tertiary/aromatic N) is 3. The van der Waals surface area contributed by atoms with Crippen molar-refractivity contribution in [3.63, 3.8) is 0 Å². The summed E-state index contributed by atoms with van der Waals surface area (Å²) >= 11 is 0. The van der Waals surface area contributed by atoms with Gasteiger partial charge in [-0.05, 0) is 37.5 Å². The first-order valence-electron chi connectivity index (χ1n) is 9.23. The highest BCUT2D eigenvalue weighted by Gasteiger charge is 2.15. The van der Waals surface area contributed by atoms with Crippen LogP contribution in [0, 0.1) is 0 Å². The fraction of sp³-hybridized carbons (Fsp3) is 0.429. The fourth-order valence-electron chi connectivity index (χ4n) is 2.90. The first kappa shape index (κ1) is 19.0. The van der Waals surface area contributed by atoms with Crippen LogP contribution in [0.5, 0.6) is 0 Å². The highest BCUT2D eigenvalue weighted by atomic mass is 16.2. The third-order valence-electron chi connectivity index (χ3n) is 4.19. The number of rotatable bonds is 9. The predicted molar refractivity (Wildman–Crippen MR) is 104 cm³/mol. The summed E-state index contributed by atoms with van der Waals surface area (Å²) in [4.78, 5) is 21.3. The van der Waals surface area contributed by atoms with Crippen molar-refractivity contribution in [2.45, 2.75) is 40.2 Å². The molecule has 1 heterocycles. The molecule has 0 bridgehead atoms. The molecule has 0 saturated carbocycles. The molecule has 4 nitrogen and oxygen atoms in total. The lowest BCUT2D eigenvalue weighted by Crippen LogP contribution is -2.32. The standard InChI is InChI=1S/C21H29N3O/c1-4-14-24(15-5-2)21(25)19-12-13-20(22-16-19)23(6-3)17-18-10-8-7-9-11-18/h7-13,16H,4-6,14-15,17H2,1-3H3. The Kier molecular flexibility index (Phi) is 7.45. The topological polar surface area (TPSA) is 36.4 Å². The smallest absolute Gasteiger partial charge is 0.255 e. The molecule has 0 atom stereocenters. The van der Waals surface area contributed by atoms with Crippen molar-refractivity contribution in [1.29, 1.82) is 0 Å². The second kappa shape index (κ2) is 9.82. The molecule has 0 unspecified atom stereocenters. The summed E-state index contributed by atoms with van der Waals surface area (Å²) in [6.07, 6.45) is 3.65. The Morgan fingerprint density at radius 2 is 1.64 bits per heavy atom. The maximum Gasteiger partial charge on any atom is 0.255 e. The molecule has 0 saturated heterocycles. The highest BCUT2D eigenvalue weighted by Crippen LogP contribution is 2.16. The van der Waals surface area contributed by atoms with Crippen molar-refractivity contribution in [3.8, 4) is 0 Å². The number of anilines is 1. The summed E-state index contributed by atoms with van der Waals surface area (Å²) < 4.78 is 0. The maximum atomic E-state index is 12.6. The lowest BCUT2D eigenvalue weighted by Gasteiger charge is -2.23. The fourth-order valence-corrected chi connectivity index (χ4v) is 2.90. The van der Waals surface area contributed by atoms with Crippen LogP contribution in [0.25, 0.3) is 0 Å². The number of carbonyl (C=O) groups is 1. The molecule has 1 aromatic heterocycles. The van der Waals surface area contributed by atoms with E-state index in [1.54, 1.807) is 6.20 Å². The van der Waals surface area contributed by atoms with Crippen LogP contribution in [0.3, 0.4) is 0 Å². The van der Waals surface area contributed by atoms with E-state index in [-0.39, 0.29) is 5.91 Å². The van der Waals surface area contributed by atoms with Crippen LogP contribution in [0.4, 0.5) is 5.82 Å². The molecule has 2 rings (SSSR count). The Bertz CT molecular complexity index is 634. The number of pyridine rings is 1. The Labute approximate surface area is 151 Å². The van der Waals surface area contributed by atoms with Crippen molar-refractivity contribution in [2.75, 3.05) is 24.5 Å². The predicted octanol–water partition coefficient (Wildman–Crippen LogP) is 4.37. The average Bonchev–Trinajstić information content (AvgIpc) is 2.66. The first-order chi connectivity index (χ1) is 12.2. The Morgan fingerprint density at radius 1 is 0.960 bits per heavy atom. The molecular weight excluding hydrogens is 310 g/mol. The van der Waals surface area contributed by atoms with Crippen LogP contribution in [-0.4, -0.2) is 35.4 Å². The molecule has 1 amide bonds. The molecule has 1 aromatic carbocycles. The molecule has 0 aliphatic carbocycles. The number of hydrogen-bond donors (Lipinski definition) is 0. The monoisotopic (exact) mass is 339 g/mol. The van der Waals surface area contributed by atoms with Gasteiger partial charge in [0.1, 0.15) is 5.82 Å². The molecule has 0 aliphatic heterocycles. The zero-order chi connectivity index (χ0) is 18.1. The third-order valence-corrected chi connectivity index (χ3v) is 4.19. The molecule has 25 heavy (non-hydrogen) atoms. The van der Waals surface area contributed by atoms with Gasteiger partial charge in [0.2, 0.25) is 0 Å². The van der Waals surface area contributed by atoms with E-state index in [9.17, 15) is 4.79 Å².